The summed E-state index contributed by atoms with van der Waals surface area (Å²) in [7, 11) is 1.60. The van der Waals surface area contributed by atoms with Crippen LogP contribution in [0.25, 0.3) is 0 Å². The Kier molecular flexibility index (Phi) is 7.67. The maximum Gasteiger partial charge on any atom is 0.266 e. The number of amides is 2. The number of carbonyl (C=O) groups excluding carboxylic acids is 2. The van der Waals surface area contributed by atoms with Crippen LogP contribution in [-0.4, -0.2) is 51.3 Å². The molecule has 37 heavy (non-hydrogen) atoms. The van der Waals surface area contributed by atoms with Gasteiger partial charge in [0, 0.05) is 19.2 Å². The fourth-order valence-electron chi connectivity index (χ4n) is 4.56. The average molecular weight is 503 g/mol. The number of imide groups is 1. The summed E-state index contributed by atoms with van der Waals surface area (Å²) in [5, 5.41) is 3.46. The molecule has 1 atom stereocenters. The summed E-state index contributed by atoms with van der Waals surface area (Å²) in [6.45, 7) is 2.29. The van der Waals surface area contributed by atoms with Crippen LogP contribution in [0, 0.1) is 0 Å². The number of hydrogen-bond donors (Lipinski definition) is 1. The lowest BCUT2D eigenvalue weighted by Crippen LogP contribution is -2.29. The molecule has 3 aromatic rings. The van der Waals surface area contributed by atoms with Gasteiger partial charge in [0.15, 0.2) is 11.5 Å². The van der Waals surface area contributed by atoms with Crippen LogP contribution in [0.5, 0.6) is 23.0 Å². The molecule has 8 nitrogen and oxygen atoms in total. The van der Waals surface area contributed by atoms with E-state index in [4.69, 9.17) is 18.9 Å². The molecule has 1 N–H and O–H groups in total. The first kappa shape index (κ1) is 24.8. The standard InChI is InChI=1S/C29H30N2O6/c1-34-16-17-36-27-18-21(9-12-26(27)35-15-13-20-6-5-14-30-20)31-28(32)24-11-10-23(19-25(24)29(31)33)37-22-7-3-2-4-8-22/h2-4,7-12,18-20,30H,5-6,13-17H2,1H3. The van der Waals surface area contributed by atoms with Crippen molar-refractivity contribution in [3.8, 4) is 23.0 Å². The highest BCUT2D eigenvalue weighted by molar-refractivity contribution is 6.34. The first-order valence-electron chi connectivity index (χ1n) is 12.5. The monoisotopic (exact) mass is 502 g/mol. The van der Waals surface area contributed by atoms with Gasteiger partial charge in [0.25, 0.3) is 11.8 Å². The number of anilines is 1. The molecular formula is C29H30N2O6. The topological polar surface area (TPSA) is 86.3 Å². The molecule has 2 heterocycles. The zero-order valence-electron chi connectivity index (χ0n) is 20.8. The minimum atomic E-state index is -0.415. The van der Waals surface area contributed by atoms with Crippen molar-refractivity contribution in [2.75, 3.05) is 38.4 Å². The molecule has 1 saturated heterocycles. The van der Waals surface area contributed by atoms with Crippen molar-refractivity contribution in [2.24, 2.45) is 0 Å². The van der Waals surface area contributed by atoms with Crippen LogP contribution in [-0.2, 0) is 4.74 Å². The summed E-state index contributed by atoms with van der Waals surface area (Å²) < 4.78 is 22.9. The summed E-state index contributed by atoms with van der Waals surface area (Å²) in [5.74, 6) is 1.34. The molecule has 2 aliphatic heterocycles. The van der Waals surface area contributed by atoms with Crippen LogP contribution in [0.3, 0.4) is 0 Å². The zero-order valence-corrected chi connectivity index (χ0v) is 20.8. The lowest BCUT2D eigenvalue weighted by molar-refractivity contribution is 0.0926. The van der Waals surface area contributed by atoms with Crippen LogP contribution in [0.1, 0.15) is 40.0 Å². The maximum absolute atomic E-state index is 13.3. The Hall–Kier alpha value is -3.88. The molecule has 0 aliphatic carbocycles. The van der Waals surface area contributed by atoms with E-state index in [1.165, 1.54) is 6.42 Å². The molecule has 5 rings (SSSR count). The van der Waals surface area contributed by atoms with E-state index in [-0.39, 0.29) is 0 Å². The Morgan fingerprint density at radius 1 is 0.838 bits per heavy atom. The van der Waals surface area contributed by atoms with Crippen LogP contribution in [0.4, 0.5) is 5.69 Å². The lowest BCUT2D eigenvalue weighted by Gasteiger charge is -2.19. The minimum Gasteiger partial charge on any atom is -0.490 e. The summed E-state index contributed by atoms with van der Waals surface area (Å²) in [4.78, 5) is 27.7. The molecule has 0 radical (unpaired) electrons. The molecule has 3 aromatic carbocycles. The van der Waals surface area contributed by atoms with Crippen molar-refractivity contribution in [2.45, 2.75) is 25.3 Å². The zero-order chi connectivity index (χ0) is 25.6. The lowest BCUT2D eigenvalue weighted by atomic mass is 10.1. The van der Waals surface area contributed by atoms with E-state index < -0.39 is 11.8 Å². The molecular weight excluding hydrogens is 472 g/mol. The number of carbonyl (C=O) groups is 2. The van der Waals surface area contributed by atoms with Crippen molar-refractivity contribution in [1.82, 2.24) is 5.32 Å². The first-order chi connectivity index (χ1) is 18.1. The summed E-state index contributed by atoms with van der Waals surface area (Å²) in [6.07, 6.45) is 3.23. The molecule has 192 valence electrons. The molecule has 0 bridgehead atoms. The van der Waals surface area contributed by atoms with Gasteiger partial charge in [-0.15, -0.1) is 0 Å². The summed E-state index contributed by atoms with van der Waals surface area (Å²) in [5.41, 5.74) is 1.04. The van der Waals surface area contributed by atoms with E-state index in [2.05, 4.69) is 5.32 Å². The van der Waals surface area contributed by atoms with Gasteiger partial charge in [-0.3, -0.25) is 9.59 Å². The number of benzene rings is 3. The number of nitrogens with one attached hydrogen (secondary N) is 1. The summed E-state index contributed by atoms with van der Waals surface area (Å²) >= 11 is 0. The maximum atomic E-state index is 13.3. The van der Waals surface area contributed by atoms with Crippen molar-refractivity contribution in [1.29, 1.82) is 0 Å². The van der Waals surface area contributed by atoms with Crippen LogP contribution >= 0.6 is 0 Å². The highest BCUT2D eigenvalue weighted by atomic mass is 16.5. The SMILES string of the molecule is COCCOc1cc(N2C(=O)c3ccc(Oc4ccccc4)cc3C2=O)ccc1OCCC1CCCN1. The Morgan fingerprint density at radius 3 is 2.43 bits per heavy atom. The molecule has 1 unspecified atom stereocenters. The van der Waals surface area contributed by atoms with Crippen molar-refractivity contribution in [3.05, 3.63) is 77.9 Å². The molecule has 1 fully saturated rings. The molecule has 0 aromatic heterocycles. The van der Waals surface area contributed by atoms with Crippen molar-refractivity contribution < 1.29 is 28.5 Å². The third-order valence-electron chi connectivity index (χ3n) is 6.45. The van der Waals surface area contributed by atoms with Crippen LogP contribution in [0.2, 0.25) is 0 Å². The highest BCUT2D eigenvalue weighted by Crippen LogP contribution is 2.37. The Balaban J connectivity index is 1.35. The smallest absolute Gasteiger partial charge is 0.266 e. The number of hydrogen-bond acceptors (Lipinski definition) is 7. The van der Waals surface area contributed by atoms with E-state index in [0.29, 0.717) is 65.7 Å². The second-order valence-corrected chi connectivity index (χ2v) is 8.97. The first-order valence-corrected chi connectivity index (χ1v) is 12.5. The minimum absolute atomic E-state index is 0.296. The Morgan fingerprint density at radius 2 is 1.65 bits per heavy atom. The van der Waals surface area contributed by atoms with Crippen molar-refractivity contribution in [3.63, 3.8) is 0 Å². The van der Waals surface area contributed by atoms with E-state index in [9.17, 15) is 9.59 Å². The molecule has 0 spiro atoms. The average Bonchev–Trinajstić information content (AvgIpc) is 3.52. The molecule has 0 saturated carbocycles. The van der Waals surface area contributed by atoms with E-state index >= 15 is 0 Å². The van der Waals surface area contributed by atoms with Gasteiger partial charge in [-0.1, -0.05) is 18.2 Å². The predicted octanol–water partition coefficient (Wildman–Crippen LogP) is 4.83. The number of rotatable bonds is 11. The van der Waals surface area contributed by atoms with Crippen LogP contribution in [0.15, 0.2) is 66.7 Å². The van der Waals surface area contributed by atoms with E-state index in [1.807, 2.05) is 30.3 Å². The van der Waals surface area contributed by atoms with Gasteiger partial charge < -0.3 is 24.3 Å². The Bertz CT molecular complexity index is 1260. The molecule has 2 amide bonds. The van der Waals surface area contributed by atoms with Crippen molar-refractivity contribution >= 4 is 17.5 Å². The third-order valence-corrected chi connectivity index (χ3v) is 6.45. The van der Waals surface area contributed by atoms with Gasteiger partial charge in [-0.05, 0) is 68.3 Å². The molecule has 2 aliphatic rings. The third kappa shape index (κ3) is 5.60. The van der Waals surface area contributed by atoms with Gasteiger partial charge in [-0.2, -0.15) is 0 Å². The number of ether oxygens (including phenoxy) is 4. The van der Waals surface area contributed by atoms with Gasteiger partial charge in [-0.25, -0.2) is 4.90 Å². The largest absolute Gasteiger partial charge is 0.490 e. The predicted molar refractivity (Wildman–Crippen MR) is 139 cm³/mol. The fraction of sp³-hybridized carbons (Fsp3) is 0.310. The van der Waals surface area contributed by atoms with Gasteiger partial charge in [0.05, 0.1) is 30.0 Å². The Labute approximate surface area is 216 Å². The second-order valence-electron chi connectivity index (χ2n) is 8.97. The summed E-state index contributed by atoms with van der Waals surface area (Å²) in [6, 6.07) is 19.8. The van der Waals surface area contributed by atoms with Gasteiger partial charge in [0.2, 0.25) is 0 Å². The van der Waals surface area contributed by atoms with Gasteiger partial charge in [0.1, 0.15) is 18.1 Å². The normalized spacial score (nSPS) is 16.7. The number of fused-ring (bicyclic) bond motifs is 1. The quantitative estimate of drug-likeness (QED) is 0.297. The number of nitrogens with zero attached hydrogens (tertiary/aromatic N) is 1. The van der Waals surface area contributed by atoms with E-state index in [0.717, 1.165) is 24.3 Å². The van der Waals surface area contributed by atoms with Gasteiger partial charge >= 0.3 is 0 Å². The second kappa shape index (κ2) is 11.5. The van der Waals surface area contributed by atoms with Crippen LogP contribution < -0.4 is 24.4 Å². The van der Waals surface area contributed by atoms with E-state index in [1.54, 1.807) is 43.5 Å². The number of para-hydroxylation sites is 1. The highest BCUT2D eigenvalue weighted by Gasteiger charge is 2.37. The number of methoxy groups -OCH3 is 1. The molecule has 8 heteroatoms. The fourth-order valence-corrected chi connectivity index (χ4v) is 4.56.